The second-order valence-corrected chi connectivity index (χ2v) is 17.4. The molecular formula is C48H39NO. The second kappa shape index (κ2) is 7.17. The lowest BCUT2D eigenvalue weighted by molar-refractivity contribution is 0.137. The number of nitrogens with zero attached hydrogens (tertiary/aromatic N) is 1. The lowest BCUT2D eigenvalue weighted by atomic mass is 9.29. The minimum atomic E-state index is -0.0961. The first-order valence-corrected chi connectivity index (χ1v) is 18.5. The summed E-state index contributed by atoms with van der Waals surface area (Å²) in [6.07, 6.45) is 0. The summed E-state index contributed by atoms with van der Waals surface area (Å²) in [5.41, 5.74) is 24.7. The molecule has 0 fully saturated rings. The smallest absolute Gasteiger partial charge is 0.131 e. The molecule has 242 valence electrons. The van der Waals surface area contributed by atoms with Crippen LogP contribution < -0.4 is 9.64 Å². The molecule has 2 spiro atoms. The van der Waals surface area contributed by atoms with E-state index in [1.54, 1.807) is 39.0 Å². The number of para-hydroxylation sites is 1. The molecule has 0 N–H and O–H groups in total. The molecule has 5 aromatic carbocycles. The molecule has 6 unspecified atom stereocenters. The molecule has 13 rings (SSSR count). The Hall–Kier alpha value is -4.82. The van der Waals surface area contributed by atoms with Gasteiger partial charge in [-0.25, -0.2) is 0 Å². The quantitative estimate of drug-likeness (QED) is 0.177. The van der Waals surface area contributed by atoms with Gasteiger partial charge in [-0.1, -0.05) is 105 Å². The highest BCUT2D eigenvalue weighted by atomic mass is 16.5. The minimum Gasteiger partial charge on any atom is -0.457 e. The third-order valence-corrected chi connectivity index (χ3v) is 17.1. The molecule has 0 saturated heterocycles. The van der Waals surface area contributed by atoms with Crippen molar-refractivity contribution in [2.24, 2.45) is 0 Å². The van der Waals surface area contributed by atoms with Crippen molar-refractivity contribution in [2.75, 3.05) is 4.90 Å². The summed E-state index contributed by atoms with van der Waals surface area (Å²) in [5, 5.41) is 0. The van der Waals surface area contributed by atoms with E-state index in [0.717, 1.165) is 11.5 Å². The first kappa shape index (κ1) is 27.0. The molecule has 0 aromatic heterocycles. The summed E-state index contributed by atoms with van der Waals surface area (Å²) in [4.78, 5) is 2.56. The molecule has 2 aliphatic heterocycles. The SMILES string of the molecule is CC1=C(C)C2(C)c3c(-c4ccc5c6c4C4(C)C(C)=C(C)C7(C)c8cccc(c8C674)N5c4ccccc4)ccc4c3C23c2c(cccc2C13C)O4. The van der Waals surface area contributed by atoms with Crippen molar-refractivity contribution < 1.29 is 4.74 Å². The van der Waals surface area contributed by atoms with E-state index >= 15 is 0 Å². The van der Waals surface area contributed by atoms with E-state index in [2.05, 4.69) is 151 Å². The first-order valence-electron chi connectivity index (χ1n) is 18.5. The van der Waals surface area contributed by atoms with Crippen LogP contribution in [0.4, 0.5) is 17.1 Å². The van der Waals surface area contributed by atoms with E-state index < -0.39 is 0 Å². The molecule has 0 radical (unpaired) electrons. The van der Waals surface area contributed by atoms with Crippen molar-refractivity contribution in [3.05, 3.63) is 158 Å². The van der Waals surface area contributed by atoms with Gasteiger partial charge in [0.2, 0.25) is 0 Å². The highest BCUT2D eigenvalue weighted by Gasteiger charge is 2.85. The van der Waals surface area contributed by atoms with Crippen molar-refractivity contribution in [1.29, 1.82) is 0 Å². The minimum absolute atomic E-state index is 0.0148. The Balaban J connectivity index is 1.15. The van der Waals surface area contributed by atoms with Crippen molar-refractivity contribution >= 4 is 17.1 Å². The number of ether oxygens (including phenoxy) is 1. The number of rotatable bonds is 2. The standard InChI is InChI=1S/C48H39NO/c1-24-26(3)45(7)37-29(20-22-34-41(37)47(45)39-31(43(24,47)5)16-12-18-33(39)49(34)28-14-10-9-11-15-28)30-21-23-36-42-38(30)46(8)27(4)25(2)44(6)32-17-13-19-35(50-36)40(32)48(42,44)46/h9-23H,1-8H3. The summed E-state index contributed by atoms with van der Waals surface area (Å²) < 4.78 is 6.81. The highest BCUT2D eigenvalue weighted by Crippen LogP contribution is 2.89. The van der Waals surface area contributed by atoms with Crippen LogP contribution in [0.3, 0.4) is 0 Å². The summed E-state index contributed by atoms with van der Waals surface area (Å²) in [6.45, 7) is 20.0. The van der Waals surface area contributed by atoms with Crippen LogP contribution in [0.1, 0.15) is 99.9 Å². The van der Waals surface area contributed by atoms with Crippen LogP contribution in [-0.4, -0.2) is 0 Å². The van der Waals surface area contributed by atoms with Crippen LogP contribution in [0, 0.1) is 0 Å². The van der Waals surface area contributed by atoms with Crippen molar-refractivity contribution in [2.45, 2.75) is 87.9 Å². The van der Waals surface area contributed by atoms with Crippen LogP contribution >= 0.6 is 0 Å². The van der Waals surface area contributed by atoms with E-state index in [9.17, 15) is 0 Å². The Morgan fingerprint density at radius 3 is 1.62 bits per heavy atom. The average molecular weight is 646 g/mol. The number of allylic oxidation sites excluding steroid dienone is 4. The summed E-state index contributed by atoms with van der Waals surface area (Å²) >= 11 is 0. The van der Waals surface area contributed by atoms with Gasteiger partial charge in [0.25, 0.3) is 0 Å². The zero-order chi connectivity index (χ0) is 33.9. The number of benzene rings is 5. The maximum Gasteiger partial charge on any atom is 0.131 e. The molecule has 2 heteroatoms. The van der Waals surface area contributed by atoms with Gasteiger partial charge in [0.05, 0.1) is 22.2 Å². The Labute approximate surface area is 294 Å². The van der Waals surface area contributed by atoms with E-state index in [0.29, 0.717) is 0 Å². The number of hydrogen-bond acceptors (Lipinski definition) is 2. The predicted molar refractivity (Wildman–Crippen MR) is 201 cm³/mol. The lowest BCUT2D eigenvalue weighted by Gasteiger charge is -2.73. The van der Waals surface area contributed by atoms with Crippen molar-refractivity contribution in [3.8, 4) is 22.6 Å². The lowest BCUT2D eigenvalue weighted by Crippen LogP contribution is -2.72. The molecule has 8 aliphatic rings. The Bertz CT molecular complexity index is 2690. The van der Waals surface area contributed by atoms with Gasteiger partial charge in [0, 0.05) is 38.5 Å². The molecule has 0 amide bonds. The third kappa shape index (κ3) is 1.90. The van der Waals surface area contributed by atoms with Crippen LogP contribution in [0.5, 0.6) is 11.5 Å². The van der Waals surface area contributed by atoms with Gasteiger partial charge < -0.3 is 9.64 Å². The van der Waals surface area contributed by atoms with Gasteiger partial charge in [-0.2, -0.15) is 0 Å². The summed E-state index contributed by atoms with van der Waals surface area (Å²) in [5.74, 6) is 2.12. The first-order chi connectivity index (χ1) is 24.0. The zero-order valence-corrected chi connectivity index (χ0v) is 30.0. The fourth-order valence-electron chi connectivity index (χ4n) is 14.9. The van der Waals surface area contributed by atoms with Crippen LogP contribution in [0.25, 0.3) is 11.1 Å². The summed E-state index contributed by atoms with van der Waals surface area (Å²) in [6, 6.07) is 34.6. The molecule has 0 saturated carbocycles. The van der Waals surface area contributed by atoms with E-state index in [1.807, 2.05) is 0 Å². The van der Waals surface area contributed by atoms with Crippen molar-refractivity contribution in [1.82, 2.24) is 0 Å². The van der Waals surface area contributed by atoms with Gasteiger partial charge >= 0.3 is 0 Å². The van der Waals surface area contributed by atoms with Gasteiger partial charge in [0.1, 0.15) is 11.5 Å². The van der Waals surface area contributed by atoms with E-state index in [-0.39, 0.29) is 32.5 Å². The maximum absolute atomic E-state index is 6.81. The summed E-state index contributed by atoms with van der Waals surface area (Å²) in [7, 11) is 0. The second-order valence-electron chi connectivity index (χ2n) is 17.4. The predicted octanol–water partition coefficient (Wildman–Crippen LogP) is 11.6. The zero-order valence-electron chi connectivity index (χ0n) is 30.0. The average Bonchev–Trinajstić information content (AvgIpc) is 3.26. The van der Waals surface area contributed by atoms with Gasteiger partial charge in [0.15, 0.2) is 0 Å². The monoisotopic (exact) mass is 645 g/mol. The molecule has 5 aromatic rings. The van der Waals surface area contributed by atoms with Crippen LogP contribution in [0.15, 0.2) is 113 Å². The fourth-order valence-corrected chi connectivity index (χ4v) is 14.9. The van der Waals surface area contributed by atoms with Crippen molar-refractivity contribution in [3.63, 3.8) is 0 Å². The molecule has 0 bridgehead atoms. The number of anilines is 3. The Morgan fingerprint density at radius 1 is 0.420 bits per heavy atom. The Kier molecular flexibility index (Phi) is 3.87. The molecule has 6 aliphatic carbocycles. The van der Waals surface area contributed by atoms with Crippen LogP contribution in [0.2, 0.25) is 0 Å². The highest BCUT2D eigenvalue weighted by molar-refractivity contribution is 6.03. The molecule has 2 nitrogen and oxygen atoms in total. The topological polar surface area (TPSA) is 12.5 Å². The molecule has 50 heavy (non-hydrogen) atoms. The third-order valence-electron chi connectivity index (χ3n) is 17.1. The molecule has 2 heterocycles. The van der Waals surface area contributed by atoms with Crippen LogP contribution in [-0.2, 0) is 32.5 Å². The largest absolute Gasteiger partial charge is 0.457 e. The molecular weight excluding hydrogens is 607 g/mol. The van der Waals surface area contributed by atoms with E-state index in [1.165, 1.54) is 56.0 Å². The van der Waals surface area contributed by atoms with Gasteiger partial charge in [-0.15, -0.1) is 0 Å². The number of hydrogen-bond donors (Lipinski definition) is 0. The van der Waals surface area contributed by atoms with Gasteiger partial charge in [-0.3, -0.25) is 0 Å². The fraction of sp³-hybridized carbons (Fsp3) is 0.292. The number of fused-ring (bicyclic) bond motifs is 4. The van der Waals surface area contributed by atoms with E-state index in [4.69, 9.17) is 4.74 Å². The van der Waals surface area contributed by atoms with Gasteiger partial charge in [-0.05, 0) is 109 Å². The maximum atomic E-state index is 6.81. The normalized spacial score (nSPS) is 35.2. The molecule has 6 atom stereocenters. The Morgan fingerprint density at radius 2 is 0.940 bits per heavy atom.